The molecule has 0 bridgehead atoms. The molecule has 0 aliphatic rings. The monoisotopic (exact) mass is 304 g/mol. The van der Waals surface area contributed by atoms with Crippen LogP contribution >= 0.6 is 11.6 Å². The smallest absolute Gasteiger partial charge is 0.338 e. The lowest BCUT2D eigenvalue weighted by atomic mass is 10.1. The highest BCUT2D eigenvalue weighted by molar-refractivity contribution is 6.33. The Bertz CT molecular complexity index is 741. The summed E-state index contributed by atoms with van der Waals surface area (Å²) in [7, 11) is 0. The minimum absolute atomic E-state index is 0.145. The molecule has 0 radical (unpaired) electrons. The first-order chi connectivity index (χ1) is 9.99. The van der Waals surface area contributed by atoms with Crippen LogP contribution in [0.3, 0.4) is 0 Å². The van der Waals surface area contributed by atoms with Crippen LogP contribution in [0.25, 0.3) is 0 Å². The van der Waals surface area contributed by atoms with Crippen molar-refractivity contribution < 1.29 is 13.9 Å². The summed E-state index contributed by atoms with van der Waals surface area (Å²) in [5.41, 5.74) is 6.66. The van der Waals surface area contributed by atoms with Crippen molar-refractivity contribution in [1.82, 2.24) is 0 Å². The molecule has 0 saturated heterocycles. The Hall–Kier alpha value is -2.58. The average Bonchev–Trinajstić information content (AvgIpc) is 2.47. The number of anilines is 1. The molecule has 2 rings (SSSR count). The summed E-state index contributed by atoms with van der Waals surface area (Å²) in [6.45, 7) is -0.145. The number of hydrogen-bond acceptors (Lipinski definition) is 4. The molecule has 4 nitrogen and oxygen atoms in total. The fourth-order valence-corrected chi connectivity index (χ4v) is 1.82. The molecule has 0 aliphatic carbocycles. The number of nitrogens with zero attached hydrogens (tertiary/aromatic N) is 1. The number of ether oxygens (including phenoxy) is 1. The number of carbonyl (C=O) groups excluding carboxylic acids is 1. The van der Waals surface area contributed by atoms with E-state index in [1.165, 1.54) is 30.3 Å². The lowest BCUT2D eigenvalue weighted by Gasteiger charge is -2.07. The third-order valence-corrected chi connectivity index (χ3v) is 3.03. The number of carbonyl (C=O) groups is 1. The van der Waals surface area contributed by atoms with Gasteiger partial charge in [0.2, 0.25) is 0 Å². The number of halogens is 2. The van der Waals surface area contributed by atoms with Crippen LogP contribution in [0.2, 0.25) is 5.02 Å². The van der Waals surface area contributed by atoms with E-state index < -0.39 is 11.8 Å². The quantitative estimate of drug-likeness (QED) is 0.697. The van der Waals surface area contributed by atoms with Crippen LogP contribution in [0.5, 0.6) is 0 Å². The van der Waals surface area contributed by atoms with Crippen LogP contribution in [0.4, 0.5) is 10.1 Å². The Balaban J connectivity index is 2.09. The normalized spacial score (nSPS) is 9.95. The molecular formula is C15H10ClFN2O2. The first-order valence-corrected chi connectivity index (χ1v) is 6.29. The van der Waals surface area contributed by atoms with Crippen LogP contribution in [0, 0.1) is 17.1 Å². The molecule has 0 aromatic heterocycles. The van der Waals surface area contributed by atoms with Gasteiger partial charge in [-0.05, 0) is 42.0 Å². The van der Waals surface area contributed by atoms with Gasteiger partial charge in [0.05, 0.1) is 27.9 Å². The molecule has 0 amide bonds. The molecule has 2 N–H and O–H groups in total. The molecule has 2 aromatic rings. The van der Waals surface area contributed by atoms with Crippen LogP contribution in [0.1, 0.15) is 21.5 Å². The standard InChI is InChI=1S/C15H10ClFN2O2/c16-13-2-1-11(6-14(13)19)15(20)21-8-10-3-9(7-18)4-12(17)5-10/h1-6H,8,19H2. The Morgan fingerprint density at radius 1 is 1.33 bits per heavy atom. The minimum Gasteiger partial charge on any atom is -0.457 e. The van der Waals surface area contributed by atoms with Gasteiger partial charge in [0.1, 0.15) is 12.4 Å². The van der Waals surface area contributed by atoms with Gasteiger partial charge in [-0.15, -0.1) is 0 Å². The van der Waals surface area contributed by atoms with E-state index in [0.29, 0.717) is 10.6 Å². The highest BCUT2D eigenvalue weighted by atomic mass is 35.5. The minimum atomic E-state index is -0.610. The second-order valence-electron chi connectivity index (χ2n) is 4.27. The number of esters is 1. The molecule has 0 unspecified atom stereocenters. The fraction of sp³-hybridized carbons (Fsp3) is 0.0667. The number of nitriles is 1. The summed E-state index contributed by atoms with van der Waals surface area (Å²) in [6, 6.07) is 9.95. The van der Waals surface area contributed by atoms with Crippen molar-refractivity contribution in [3.63, 3.8) is 0 Å². The molecule has 0 heterocycles. The predicted octanol–water partition coefficient (Wildman–Crippen LogP) is 3.29. The highest BCUT2D eigenvalue weighted by Gasteiger charge is 2.10. The maximum absolute atomic E-state index is 13.2. The molecule has 0 spiro atoms. The maximum Gasteiger partial charge on any atom is 0.338 e. The van der Waals surface area contributed by atoms with Crippen molar-refractivity contribution in [2.24, 2.45) is 0 Å². The zero-order valence-electron chi connectivity index (χ0n) is 10.8. The lowest BCUT2D eigenvalue weighted by molar-refractivity contribution is 0.0472. The lowest BCUT2D eigenvalue weighted by Crippen LogP contribution is -2.06. The molecule has 0 aliphatic heterocycles. The van der Waals surface area contributed by atoms with E-state index in [9.17, 15) is 9.18 Å². The van der Waals surface area contributed by atoms with Crippen molar-refractivity contribution >= 4 is 23.3 Å². The zero-order valence-corrected chi connectivity index (χ0v) is 11.5. The SMILES string of the molecule is N#Cc1cc(F)cc(COC(=O)c2ccc(Cl)c(N)c2)c1. The molecule has 0 fully saturated rings. The number of benzene rings is 2. The van der Waals surface area contributed by atoms with Gasteiger partial charge in [0, 0.05) is 0 Å². The molecule has 21 heavy (non-hydrogen) atoms. The van der Waals surface area contributed by atoms with Crippen molar-refractivity contribution in [2.75, 3.05) is 5.73 Å². The highest BCUT2D eigenvalue weighted by Crippen LogP contribution is 2.20. The molecular weight excluding hydrogens is 295 g/mol. The van der Waals surface area contributed by atoms with E-state index in [-0.39, 0.29) is 23.4 Å². The topological polar surface area (TPSA) is 76.1 Å². The van der Waals surface area contributed by atoms with Gasteiger partial charge in [0.15, 0.2) is 0 Å². The van der Waals surface area contributed by atoms with Crippen LogP contribution < -0.4 is 5.73 Å². The van der Waals surface area contributed by atoms with Crippen LogP contribution in [-0.2, 0) is 11.3 Å². The maximum atomic E-state index is 13.2. The van der Waals surface area contributed by atoms with Gasteiger partial charge in [-0.25, -0.2) is 9.18 Å². The van der Waals surface area contributed by atoms with Gasteiger partial charge in [0.25, 0.3) is 0 Å². The van der Waals surface area contributed by atoms with Gasteiger partial charge < -0.3 is 10.5 Å². The van der Waals surface area contributed by atoms with E-state index in [0.717, 1.165) is 6.07 Å². The summed E-state index contributed by atoms with van der Waals surface area (Å²) >= 11 is 5.76. The molecule has 6 heteroatoms. The summed E-state index contributed by atoms with van der Waals surface area (Å²) in [5.74, 6) is -1.17. The van der Waals surface area contributed by atoms with E-state index in [1.54, 1.807) is 0 Å². The molecule has 106 valence electrons. The summed E-state index contributed by atoms with van der Waals surface area (Å²) in [6.07, 6.45) is 0. The van der Waals surface area contributed by atoms with Crippen molar-refractivity contribution in [2.45, 2.75) is 6.61 Å². The second-order valence-corrected chi connectivity index (χ2v) is 4.68. The van der Waals surface area contributed by atoms with Crippen LogP contribution in [-0.4, -0.2) is 5.97 Å². The second kappa shape index (κ2) is 6.25. The van der Waals surface area contributed by atoms with E-state index in [4.69, 9.17) is 27.3 Å². The Labute approximate surface area is 125 Å². The Morgan fingerprint density at radius 3 is 2.76 bits per heavy atom. The summed E-state index contributed by atoms with van der Waals surface area (Å²) < 4.78 is 18.3. The van der Waals surface area contributed by atoms with Crippen molar-refractivity contribution in [3.8, 4) is 6.07 Å². The third kappa shape index (κ3) is 3.71. The van der Waals surface area contributed by atoms with Crippen LogP contribution in [0.15, 0.2) is 36.4 Å². The van der Waals surface area contributed by atoms with Crippen molar-refractivity contribution in [1.29, 1.82) is 5.26 Å². The summed E-state index contributed by atoms with van der Waals surface area (Å²) in [4.78, 5) is 11.8. The van der Waals surface area contributed by atoms with Crippen molar-refractivity contribution in [3.05, 3.63) is 63.9 Å². The number of nitrogens with two attached hydrogens (primary N) is 1. The Morgan fingerprint density at radius 2 is 2.10 bits per heavy atom. The number of hydrogen-bond donors (Lipinski definition) is 1. The predicted molar refractivity (Wildman–Crippen MR) is 76.1 cm³/mol. The van der Waals surface area contributed by atoms with Gasteiger partial charge >= 0.3 is 5.97 Å². The molecule has 0 atom stereocenters. The largest absolute Gasteiger partial charge is 0.457 e. The van der Waals surface area contributed by atoms with Gasteiger partial charge in [-0.3, -0.25) is 0 Å². The van der Waals surface area contributed by atoms with Gasteiger partial charge in [-0.1, -0.05) is 11.6 Å². The number of rotatable bonds is 3. The third-order valence-electron chi connectivity index (χ3n) is 2.69. The fourth-order valence-electron chi connectivity index (χ4n) is 1.70. The average molecular weight is 305 g/mol. The summed E-state index contributed by atoms with van der Waals surface area (Å²) in [5, 5.41) is 9.09. The number of nitrogen functional groups attached to an aromatic ring is 1. The molecule has 0 saturated carbocycles. The molecule has 2 aromatic carbocycles. The van der Waals surface area contributed by atoms with E-state index >= 15 is 0 Å². The van der Waals surface area contributed by atoms with E-state index in [1.807, 2.05) is 6.07 Å². The first kappa shape index (κ1) is 14.8. The van der Waals surface area contributed by atoms with Gasteiger partial charge in [-0.2, -0.15) is 5.26 Å². The zero-order chi connectivity index (χ0) is 15.4. The van der Waals surface area contributed by atoms with E-state index in [2.05, 4.69) is 0 Å². The first-order valence-electron chi connectivity index (χ1n) is 5.91. The Kier molecular flexibility index (Phi) is 4.41.